The number of rotatable bonds is 5. The fourth-order valence-corrected chi connectivity index (χ4v) is 4.17. The first-order valence-electron chi connectivity index (χ1n) is 8.34. The molecule has 0 radical (unpaired) electrons. The number of non-ortho nitro benzene ring substituents is 1. The molecule has 168 valence electrons. The first kappa shape index (κ1) is 23.0. The number of aromatic hydroxyl groups is 2. The maximum atomic E-state index is 11.9. The summed E-state index contributed by atoms with van der Waals surface area (Å²) in [7, 11) is -9.71. The van der Waals surface area contributed by atoms with Crippen molar-refractivity contribution in [2.75, 3.05) is 0 Å². The molecule has 0 spiro atoms. The summed E-state index contributed by atoms with van der Waals surface area (Å²) in [6.45, 7) is 1.36. The van der Waals surface area contributed by atoms with E-state index in [1.165, 1.54) is 6.92 Å². The molecule has 13 nitrogen and oxygen atoms in total. The minimum atomic E-state index is -5.04. The third kappa shape index (κ3) is 4.35. The topological polar surface area (TPSA) is 217 Å². The summed E-state index contributed by atoms with van der Waals surface area (Å²) in [6, 6.07) is 5.47. The number of nitrogens with zero attached hydrogens (tertiary/aromatic N) is 3. The lowest BCUT2D eigenvalue weighted by molar-refractivity contribution is -0.384. The van der Waals surface area contributed by atoms with Crippen molar-refractivity contribution in [3.8, 4) is 11.5 Å². The zero-order valence-corrected chi connectivity index (χ0v) is 17.5. The highest BCUT2D eigenvalue weighted by molar-refractivity contribution is 7.86. The monoisotopic (exact) mass is 483 g/mol. The number of benzene rings is 3. The van der Waals surface area contributed by atoms with Gasteiger partial charge in [-0.1, -0.05) is 0 Å². The Morgan fingerprint density at radius 1 is 0.938 bits per heavy atom. The van der Waals surface area contributed by atoms with Gasteiger partial charge in [0.1, 0.15) is 22.0 Å². The average Bonchev–Trinajstić information content (AvgIpc) is 2.66. The van der Waals surface area contributed by atoms with E-state index in [1.807, 2.05) is 0 Å². The largest absolute Gasteiger partial charge is 0.506 e. The summed E-state index contributed by atoms with van der Waals surface area (Å²) in [4.78, 5) is 8.57. The van der Waals surface area contributed by atoms with E-state index >= 15 is 0 Å². The van der Waals surface area contributed by atoms with Crippen LogP contribution in [0.5, 0.6) is 11.5 Å². The van der Waals surface area contributed by atoms with Crippen LogP contribution in [0.1, 0.15) is 5.56 Å². The Labute approximate surface area is 179 Å². The van der Waals surface area contributed by atoms with Crippen LogP contribution in [0.2, 0.25) is 0 Å². The van der Waals surface area contributed by atoms with Crippen molar-refractivity contribution < 1.29 is 41.1 Å². The van der Waals surface area contributed by atoms with Gasteiger partial charge in [0.25, 0.3) is 25.9 Å². The third-order valence-electron chi connectivity index (χ3n) is 4.32. The van der Waals surface area contributed by atoms with Crippen LogP contribution in [0.15, 0.2) is 56.4 Å². The highest BCUT2D eigenvalue weighted by atomic mass is 32.2. The predicted molar refractivity (Wildman–Crippen MR) is 109 cm³/mol. The molecule has 3 aromatic rings. The van der Waals surface area contributed by atoms with Crippen molar-refractivity contribution in [2.45, 2.75) is 16.7 Å². The van der Waals surface area contributed by atoms with Gasteiger partial charge in [0, 0.05) is 17.5 Å². The number of aryl methyl sites for hydroxylation is 1. The molecule has 0 aliphatic heterocycles. The van der Waals surface area contributed by atoms with Crippen molar-refractivity contribution in [2.24, 2.45) is 10.2 Å². The van der Waals surface area contributed by atoms with Crippen LogP contribution in [-0.2, 0) is 20.2 Å². The summed E-state index contributed by atoms with van der Waals surface area (Å²) < 4.78 is 65.5. The van der Waals surface area contributed by atoms with Crippen LogP contribution in [-0.4, -0.2) is 41.1 Å². The minimum Gasteiger partial charge on any atom is -0.506 e. The Morgan fingerprint density at radius 2 is 1.59 bits per heavy atom. The predicted octanol–water partition coefficient (Wildman–Crippen LogP) is 3.38. The average molecular weight is 483 g/mol. The molecule has 0 heterocycles. The number of hydrogen-bond acceptors (Lipinski definition) is 10. The maximum Gasteiger partial charge on any atom is 0.296 e. The fraction of sp³-hybridized carbons (Fsp3) is 0.0588. The normalized spacial score (nSPS) is 12.5. The fourth-order valence-electron chi connectivity index (χ4n) is 2.91. The number of nitro groups is 1. The molecule has 0 atom stereocenters. The number of fused-ring (bicyclic) bond motifs is 1. The van der Waals surface area contributed by atoms with Crippen LogP contribution >= 0.6 is 0 Å². The van der Waals surface area contributed by atoms with E-state index in [0.29, 0.717) is 0 Å². The van der Waals surface area contributed by atoms with Gasteiger partial charge in [-0.15, -0.1) is 10.2 Å². The highest BCUT2D eigenvalue weighted by Crippen LogP contribution is 2.44. The summed E-state index contributed by atoms with van der Waals surface area (Å²) in [5.74, 6) is -1.36. The Kier molecular flexibility index (Phi) is 5.60. The summed E-state index contributed by atoms with van der Waals surface area (Å²) in [6.07, 6.45) is 0. The molecule has 0 unspecified atom stereocenters. The summed E-state index contributed by atoms with van der Waals surface area (Å²) in [5.41, 5.74) is -1.56. The van der Waals surface area contributed by atoms with E-state index in [0.717, 1.165) is 36.4 Å². The molecule has 0 amide bonds. The van der Waals surface area contributed by atoms with E-state index in [1.54, 1.807) is 0 Å². The Bertz CT molecular complexity index is 1530. The first-order chi connectivity index (χ1) is 14.7. The lowest BCUT2D eigenvalue weighted by Gasteiger charge is -2.12. The summed E-state index contributed by atoms with van der Waals surface area (Å²) in [5, 5.41) is 38.2. The number of hydrogen-bond donors (Lipinski definition) is 4. The zero-order chi connectivity index (χ0) is 24.0. The molecule has 0 saturated heterocycles. The van der Waals surface area contributed by atoms with Crippen molar-refractivity contribution in [3.63, 3.8) is 0 Å². The molecule has 15 heteroatoms. The van der Waals surface area contributed by atoms with Gasteiger partial charge in [0.05, 0.1) is 9.82 Å². The maximum absolute atomic E-state index is 11.9. The van der Waals surface area contributed by atoms with Crippen molar-refractivity contribution >= 4 is 48.1 Å². The van der Waals surface area contributed by atoms with Gasteiger partial charge in [-0.25, -0.2) is 0 Å². The quantitative estimate of drug-likeness (QED) is 0.179. The van der Waals surface area contributed by atoms with Crippen LogP contribution in [0.4, 0.5) is 17.1 Å². The SMILES string of the molecule is Cc1cc(S(=O)(=O)O)cc2cc(S(=O)(=O)O)c(N=Nc3cc([N+](=O)[O-])ccc3O)c(O)c12. The van der Waals surface area contributed by atoms with Gasteiger partial charge >= 0.3 is 0 Å². The molecule has 4 N–H and O–H groups in total. The van der Waals surface area contributed by atoms with Gasteiger partial charge in [-0.05, 0) is 42.1 Å². The molecule has 0 bridgehead atoms. The van der Waals surface area contributed by atoms with Gasteiger partial charge < -0.3 is 10.2 Å². The van der Waals surface area contributed by atoms with E-state index < -0.39 is 63.5 Å². The van der Waals surface area contributed by atoms with Gasteiger partial charge in [0.2, 0.25) is 0 Å². The number of nitro benzene ring substituents is 1. The first-order valence-corrected chi connectivity index (χ1v) is 11.2. The van der Waals surface area contributed by atoms with Gasteiger partial charge in [0.15, 0.2) is 5.75 Å². The second-order valence-electron chi connectivity index (χ2n) is 6.49. The van der Waals surface area contributed by atoms with Crippen LogP contribution < -0.4 is 0 Å². The molecular formula is C17H13N3O10S2. The standard InChI is InChI=1S/C17H13N3O10S2/c1-8-4-11(31(25,26)27)5-9-6-14(32(28,29)30)16(17(22)15(8)9)19-18-12-7-10(20(23)24)2-3-13(12)21/h2-7,21-22H,1H3,(H,25,26,27)(H,28,29,30). The summed E-state index contributed by atoms with van der Waals surface area (Å²) >= 11 is 0. The Balaban J connectivity index is 2.33. The number of phenolic OH excluding ortho intramolecular Hbond substituents is 2. The number of phenols is 2. The van der Waals surface area contributed by atoms with Crippen molar-refractivity contribution in [1.29, 1.82) is 0 Å². The van der Waals surface area contributed by atoms with Crippen molar-refractivity contribution in [3.05, 3.63) is 52.1 Å². The number of azo groups is 1. The van der Waals surface area contributed by atoms with Gasteiger partial charge in [-0.3, -0.25) is 19.2 Å². The minimum absolute atomic E-state index is 0.0676. The molecule has 3 rings (SSSR count). The Morgan fingerprint density at radius 3 is 2.16 bits per heavy atom. The molecular weight excluding hydrogens is 470 g/mol. The molecule has 0 aromatic heterocycles. The van der Waals surface area contributed by atoms with E-state index in [4.69, 9.17) is 0 Å². The van der Waals surface area contributed by atoms with Crippen LogP contribution in [0.25, 0.3) is 10.8 Å². The smallest absolute Gasteiger partial charge is 0.296 e. The van der Waals surface area contributed by atoms with E-state index in [-0.39, 0.29) is 16.3 Å². The molecule has 0 aliphatic carbocycles. The molecule has 0 fully saturated rings. The second kappa shape index (κ2) is 7.79. The molecule has 0 saturated carbocycles. The Hall–Kier alpha value is -3.66. The lowest BCUT2D eigenvalue weighted by Crippen LogP contribution is -2.02. The molecule has 32 heavy (non-hydrogen) atoms. The lowest BCUT2D eigenvalue weighted by atomic mass is 10.0. The van der Waals surface area contributed by atoms with Gasteiger partial charge in [-0.2, -0.15) is 16.8 Å². The van der Waals surface area contributed by atoms with E-state index in [9.17, 15) is 46.3 Å². The molecule has 0 aliphatic rings. The van der Waals surface area contributed by atoms with E-state index in [2.05, 4.69) is 10.2 Å². The van der Waals surface area contributed by atoms with Crippen molar-refractivity contribution in [1.82, 2.24) is 0 Å². The van der Waals surface area contributed by atoms with Crippen LogP contribution in [0, 0.1) is 17.0 Å². The second-order valence-corrected chi connectivity index (χ2v) is 9.30. The zero-order valence-electron chi connectivity index (χ0n) is 15.9. The van der Waals surface area contributed by atoms with Crippen LogP contribution in [0.3, 0.4) is 0 Å². The third-order valence-corrected chi connectivity index (χ3v) is 6.02. The highest BCUT2D eigenvalue weighted by Gasteiger charge is 2.24. The molecule has 3 aromatic carbocycles.